The fourth-order valence-corrected chi connectivity index (χ4v) is 3.34. The Labute approximate surface area is 119 Å². The van der Waals surface area contributed by atoms with Gasteiger partial charge >= 0.3 is 0 Å². The first-order chi connectivity index (χ1) is 9.62. The van der Waals surface area contributed by atoms with Crippen LogP contribution in [0.5, 0.6) is 0 Å². The van der Waals surface area contributed by atoms with E-state index in [0.717, 1.165) is 17.0 Å². The second kappa shape index (κ2) is 4.24. The lowest BCUT2D eigenvalue weighted by molar-refractivity contribution is 0.350. The monoisotopic (exact) mass is 270 g/mol. The third kappa shape index (κ3) is 2.09. The highest BCUT2D eigenvalue weighted by atomic mass is 16.3. The van der Waals surface area contributed by atoms with Gasteiger partial charge in [0, 0.05) is 17.6 Å². The molecule has 0 bridgehead atoms. The highest BCUT2D eigenvalue weighted by molar-refractivity contribution is 5.77. The Bertz CT molecular complexity index is 639. The summed E-state index contributed by atoms with van der Waals surface area (Å²) in [4.78, 5) is 4.64. The molecule has 3 nitrogen and oxygen atoms in total. The third-order valence-electron chi connectivity index (χ3n) is 4.93. The van der Waals surface area contributed by atoms with Crippen LogP contribution in [-0.2, 0) is 0 Å². The number of nitrogens with zero attached hydrogens (tertiary/aromatic N) is 1. The molecule has 0 aliphatic heterocycles. The molecule has 0 amide bonds. The van der Waals surface area contributed by atoms with Gasteiger partial charge in [-0.3, -0.25) is 0 Å². The van der Waals surface area contributed by atoms with E-state index >= 15 is 0 Å². The Morgan fingerprint density at radius 2 is 2.10 bits per heavy atom. The van der Waals surface area contributed by atoms with E-state index in [0.29, 0.717) is 17.4 Å². The van der Waals surface area contributed by atoms with Gasteiger partial charge in [0.25, 0.3) is 0 Å². The van der Waals surface area contributed by atoms with Crippen molar-refractivity contribution in [3.63, 3.8) is 0 Å². The smallest absolute Gasteiger partial charge is 0.198 e. The van der Waals surface area contributed by atoms with Crippen LogP contribution in [0, 0.1) is 5.41 Å². The summed E-state index contributed by atoms with van der Waals surface area (Å²) < 4.78 is 5.82. The van der Waals surface area contributed by atoms with Gasteiger partial charge in [0.1, 0.15) is 5.52 Å². The van der Waals surface area contributed by atoms with E-state index in [4.69, 9.17) is 4.42 Å². The van der Waals surface area contributed by atoms with Gasteiger partial charge < -0.3 is 9.73 Å². The van der Waals surface area contributed by atoms with Crippen molar-refractivity contribution >= 4 is 16.8 Å². The van der Waals surface area contributed by atoms with E-state index in [1.807, 2.05) is 0 Å². The van der Waals surface area contributed by atoms with E-state index in [1.165, 1.54) is 37.8 Å². The predicted octanol–water partition coefficient (Wildman–Crippen LogP) is 4.70. The van der Waals surface area contributed by atoms with E-state index in [2.05, 4.69) is 42.3 Å². The van der Waals surface area contributed by atoms with Crippen LogP contribution in [0.15, 0.2) is 22.6 Å². The third-order valence-corrected chi connectivity index (χ3v) is 4.93. The Hall–Kier alpha value is -1.51. The Morgan fingerprint density at radius 1 is 1.25 bits per heavy atom. The van der Waals surface area contributed by atoms with Gasteiger partial charge in [-0.05, 0) is 49.3 Å². The molecule has 4 rings (SSSR count). The number of hydrogen-bond acceptors (Lipinski definition) is 3. The van der Waals surface area contributed by atoms with Gasteiger partial charge in [0.2, 0.25) is 0 Å². The maximum absolute atomic E-state index is 5.82. The van der Waals surface area contributed by atoms with Gasteiger partial charge in [0.15, 0.2) is 11.5 Å². The fourth-order valence-electron chi connectivity index (χ4n) is 3.34. The average Bonchev–Trinajstić information content (AvgIpc) is 3.09. The minimum absolute atomic E-state index is 0.387. The second-order valence-electron chi connectivity index (χ2n) is 7.09. The van der Waals surface area contributed by atoms with Crippen LogP contribution in [-0.4, -0.2) is 11.0 Å². The van der Waals surface area contributed by atoms with E-state index in [9.17, 15) is 0 Å². The number of rotatable bonds is 3. The molecule has 2 aliphatic rings. The second-order valence-corrected chi connectivity index (χ2v) is 7.09. The molecule has 2 aliphatic carbocycles. The number of aromatic nitrogens is 1. The molecule has 1 heterocycles. The highest BCUT2D eigenvalue weighted by Crippen LogP contribution is 2.41. The van der Waals surface area contributed by atoms with Crippen molar-refractivity contribution in [2.24, 2.45) is 5.41 Å². The molecule has 1 N–H and O–H groups in total. The first kappa shape index (κ1) is 12.2. The fraction of sp³-hybridized carbons (Fsp3) is 0.588. The lowest BCUT2D eigenvalue weighted by Gasteiger charge is -2.28. The van der Waals surface area contributed by atoms with Crippen molar-refractivity contribution in [2.45, 2.75) is 57.9 Å². The van der Waals surface area contributed by atoms with Gasteiger partial charge in [-0.1, -0.05) is 20.3 Å². The zero-order valence-electron chi connectivity index (χ0n) is 12.3. The van der Waals surface area contributed by atoms with E-state index < -0.39 is 0 Å². The Kier molecular flexibility index (Phi) is 2.60. The molecule has 1 unspecified atom stereocenters. The molecule has 1 aromatic carbocycles. The SMILES string of the molecule is CC1(C)CCCC1Nc1ccc2oc(C3CC3)nc2c1. The quantitative estimate of drug-likeness (QED) is 0.878. The zero-order chi connectivity index (χ0) is 13.7. The molecule has 0 radical (unpaired) electrons. The number of oxazole rings is 1. The van der Waals surface area contributed by atoms with Crippen LogP contribution in [0.25, 0.3) is 11.1 Å². The summed E-state index contributed by atoms with van der Waals surface area (Å²) in [5.41, 5.74) is 3.47. The standard InChI is InChI=1S/C17H22N2O/c1-17(2)9-3-4-15(17)18-12-7-8-14-13(10-12)19-16(20-14)11-5-6-11/h7-8,10-11,15,18H,3-6,9H2,1-2H3. The minimum atomic E-state index is 0.387. The molecule has 106 valence electrons. The normalized spacial score (nSPS) is 25.2. The lowest BCUT2D eigenvalue weighted by Crippen LogP contribution is -2.30. The van der Waals surface area contributed by atoms with Gasteiger partial charge in [-0.2, -0.15) is 0 Å². The Balaban J connectivity index is 1.60. The number of fused-ring (bicyclic) bond motifs is 1. The first-order valence-corrected chi connectivity index (χ1v) is 7.79. The van der Waals surface area contributed by atoms with E-state index in [-0.39, 0.29) is 0 Å². The topological polar surface area (TPSA) is 38.1 Å². The molecule has 2 fully saturated rings. The van der Waals surface area contributed by atoms with Crippen molar-refractivity contribution < 1.29 is 4.42 Å². The largest absolute Gasteiger partial charge is 0.440 e. The predicted molar refractivity (Wildman–Crippen MR) is 81.0 cm³/mol. The van der Waals surface area contributed by atoms with Crippen molar-refractivity contribution in [3.05, 3.63) is 24.1 Å². The van der Waals surface area contributed by atoms with Crippen molar-refractivity contribution in [1.82, 2.24) is 4.98 Å². The van der Waals surface area contributed by atoms with Crippen LogP contribution in [0.4, 0.5) is 5.69 Å². The Morgan fingerprint density at radius 3 is 2.80 bits per heavy atom. The van der Waals surface area contributed by atoms with Crippen molar-refractivity contribution in [1.29, 1.82) is 0 Å². The van der Waals surface area contributed by atoms with Crippen molar-refractivity contribution in [3.8, 4) is 0 Å². The number of nitrogens with one attached hydrogen (secondary N) is 1. The summed E-state index contributed by atoms with van der Waals surface area (Å²) in [5.74, 6) is 1.51. The first-order valence-electron chi connectivity index (χ1n) is 7.79. The molecule has 1 aromatic heterocycles. The van der Waals surface area contributed by atoms with Crippen LogP contribution >= 0.6 is 0 Å². The maximum Gasteiger partial charge on any atom is 0.198 e. The van der Waals surface area contributed by atoms with Crippen molar-refractivity contribution in [2.75, 3.05) is 5.32 Å². The molecule has 0 saturated heterocycles. The molecule has 2 saturated carbocycles. The maximum atomic E-state index is 5.82. The summed E-state index contributed by atoms with van der Waals surface area (Å²) in [5, 5.41) is 3.70. The molecule has 0 spiro atoms. The molecular formula is C17H22N2O. The summed E-state index contributed by atoms with van der Waals surface area (Å²) in [7, 11) is 0. The van der Waals surface area contributed by atoms with Gasteiger partial charge in [-0.15, -0.1) is 0 Å². The van der Waals surface area contributed by atoms with Crippen LogP contribution in [0.1, 0.15) is 57.8 Å². The van der Waals surface area contributed by atoms with E-state index in [1.54, 1.807) is 0 Å². The molecule has 3 heteroatoms. The van der Waals surface area contributed by atoms with Crippen LogP contribution in [0.3, 0.4) is 0 Å². The summed E-state index contributed by atoms with van der Waals surface area (Å²) in [6.07, 6.45) is 6.35. The lowest BCUT2D eigenvalue weighted by atomic mass is 9.87. The molecule has 1 atom stereocenters. The molecular weight excluding hydrogens is 248 g/mol. The molecule has 20 heavy (non-hydrogen) atoms. The van der Waals surface area contributed by atoms with Gasteiger partial charge in [-0.25, -0.2) is 4.98 Å². The van der Waals surface area contributed by atoms with Crippen LogP contribution < -0.4 is 5.32 Å². The molecule has 2 aromatic rings. The number of benzene rings is 1. The zero-order valence-corrected chi connectivity index (χ0v) is 12.3. The highest BCUT2D eigenvalue weighted by Gasteiger charge is 2.34. The summed E-state index contributed by atoms with van der Waals surface area (Å²) in [6.45, 7) is 4.72. The number of anilines is 1. The average molecular weight is 270 g/mol. The minimum Gasteiger partial charge on any atom is -0.440 e. The van der Waals surface area contributed by atoms with Gasteiger partial charge in [0.05, 0.1) is 0 Å². The van der Waals surface area contributed by atoms with Crippen LogP contribution in [0.2, 0.25) is 0 Å². The summed E-state index contributed by atoms with van der Waals surface area (Å²) in [6, 6.07) is 6.88. The summed E-state index contributed by atoms with van der Waals surface area (Å²) >= 11 is 0. The number of hydrogen-bond donors (Lipinski definition) is 1.